The Bertz CT molecular complexity index is 1710. The van der Waals surface area contributed by atoms with Crippen LogP contribution in [0.3, 0.4) is 0 Å². The summed E-state index contributed by atoms with van der Waals surface area (Å²) in [6.45, 7) is 18.9. The molecule has 0 nitrogen and oxygen atoms in total. The summed E-state index contributed by atoms with van der Waals surface area (Å²) in [4.78, 5) is 0. The van der Waals surface area contributed by atoms with Crippen LogP contribution in [-0.2, 0) is 20.3 Å². The smallest absolute Gasteiger partial charge is 1.00 e. The van der Waals surface area contributed by atoms with E-state index in [4.69, 9.17) is 0 Å². The summed E-state index contributed by atoms with van der Waals surface area (Å²) in [6, 6.07) is 28.6. The van der Waals surface area contributed by atoms with Gasteiger partial charge in [-0.2, -0.15) is 0 Å². The fraction of sp³-hybridized carbons (Fsp3) is 0.364. The maximum absolute atomic E-state index is 2.72. The van der Waals surface area contributed by atoms with E-state index in [2.05, 4.69) is 140 Å². The van der Waals surface area contributed by atoms with Crippen molar-refractivity contribution in [3.8, 4) is 22.3 Å². The second-order valence-electron chi connectivity index (χ2n) is 14.8. The first-order chi connectivity index (χ1) is 21.7. The summed E-state index contributed by atoms with van der Waals surface area (Å²) in [5, 5.41) is 0. The average molecular weight is 741 g/mol. The molecule has 4 aromatic carbocycles. The van der Waals surface area contributed by atoms with Crippen LogP contribution in [0.25, 0.3) is 34.4 Å². The van der Waals surface area contributed by atoms with Gasteiger partial charge in [0.25, 0.3) is 0 Å². The minimum atomic E-state index is -2.72. The topological polar surface area (TPSA) is 0 Å². The number of fused-ring (bicyclic) bond motifs is 2. The van der Waals surface area contributed by atoms with Crippen LogP contribution >= 0.6 is 0 Å². The predicted molar refractivity (Wildman–Crippen MR) is 193 cm³/mol. The number of hydrogen-bond donors (Lipinski definition) is 0. The molecule has 0 amide bonds. The number of rotatable bonds is 8. The van der Waals surface area contributed by atoms with E-state index in [0.29, 0.717) is 19.1 Å². The Kier molecular flexibility index (Phi) is 10.7. The average Bonchev–Trinajstić information content (AvgIpc) is 3.63. The van der Waals surface area contributed by atoms with Crippen LogP contribution in [0, 0.1) is 13.8 Å². The van der Waals surface area contributed by atoms with Crippen molar-refractivity contribution >= 4 is 12.2 Å². The van der Waals surface area contributed by atoms with Crippen LogP contribution in [0.4, 0.5) is 0 Å². The molecule has 0 aromatic heterocycles. The van der Waals surface area contributed by atoms with Crippen molar-refractivity contribution in [2.24, 2.45) is 0 Å². The molecule has 4 aromatic rings. The summed E-state index contributed by atoms with van der Waals surface area (Å²) >= 11 is -2.72. The summed E-state index contributed by atoms with van der Waals surface area (Å²) in [6.07, 6.45) is 7.56. The number of aryl methyl sites for hydroxylation is 2. The van der Waals surface area contributed by atoms with Crippen LogP contribution in [0.5, 0.6) is 0 Å². The Labute approximate surface area is 301 Å². The van der Waals surface area contributed by atoms with Crippen LogP contribution in [0.1, 0.15) is 118 Å². The Balaban J connectivity index is 0.00000217. The minimum Gasteiger partial charge on any atom is -1.00 e. The number of halogens is 2. The first kappa shape index (κ1) is 36.1. The minimum absolute atomic E-state index is 0. The van der Waals surface area contributed by atoms with Gasteiger partial charge in [0.1, 0.15) is 0 Å². The molecule has 1 heterocycles. The molecule has 2 aliphatic carbocycles. The summed E-state index contributed by atoms with van der Waals surface area (Å²) in [5.74, 6) is 1.22. The fourth-order valence-corrected chi connectivity index (χ4v) is 27.1. The zero-order valence-electron chi connectivity index (χ0n) is 29.5. The molecule has 244 valence electrons. The van der Waals surface area contributed by atoms with Crippen LogP contribution in [0.15, 0.2) is 83.9 Å². The molecule has 0 spiro atoms. The van der Waals surface area contributed by atoms with E-state index in [1.807, 2.05) is 0 Å². The molecule has 4 atom stereocenters. The van der Waals surface area contributed by atoms with Crippen molar-refractivity contribution in [1.82, 2.24) is 0 Å². The van der Waals surface area contributed by atoms with Gasteiger partial charge in [0, 0.05) is 0 Å². The maximum Gasteiger partial charge on any atom is -1.00 e. The van der Waals surface area contributed by atoms with Gasteiger partial charge in [0.2, 0.25) is 0 Å². The molecule has 3 heteroatoms. The van der Waals surface area contributed by atoms with Crippen molar-refractivity contribution in [3.05, 3.63) is 128 Å². The largest absolute Gasteiger partial charge is 1.00 e. The van der Waals surface area contributed by atoms with Gasteiger partial charge in [-0.3, -0.25) is 0 Å². The molecule has 0 N–H and O–H groups in total. The van der Waals surface area contributed by atoms with Gasteiger partial charge >= 0.3 is 279 Å². The molecular weight excluding hydrogens is 691 g/mol. The second-order valence-corrected chi connectivity index (χ2v) is 26.1. The van der Waals surface area contributed by atoms with Crippen LogP contribution < -0.4 is 24.8 Å². The fourth-order valence-electron chi connectivity index (χ4n) is 8.97. The van der Waals surface area contributed by atoms with Crippen molar-refractivity contribution in [3.63, 3.8) is 0 Å². The number of allylic oxidation sites excluding steroid dienone is 2. The van der Waals surface area contributed by atoms with Crippen molar-refractivity contribution < 1.29 is 45.1 Å². The standard InChI is InChI=1S/2C21H23.C2H4.2ClH.Zr/c2*1-5-15(3)17-7-9-18(10-8-17)19-11-6-16(4)20-12-14(2)13-21(19)20;1-2;;;/h2*6-13,15H,5H2,1-4H3;1-2H2;2*1H;/q;;;;;+2/p-2. The third kappa shape index (κ3) is 6.02. The number of benzene rings is 4. The Morgan fingerprint density at radius 1 is 0.553 bits per heavy atom. The van der Waals surface area contributed by atoms with Gasteiger partial charge in [-0.1, -0.05) is 0 Å². The monoisotopic (exact) mass is 738 g/mol. The van der Waals surface area contributed by atoms with Gasteiger partial charge in [-0.05, 0) is 0 Å². The molecule has 47 heavy (non-hydrogen) atoms. The Morgan fingerprint density at radius 3 is 1.23 bits per heavy atom. The molecule has 1 aliphatic heterocycles. The van der Waals surface area contributed by atoms with Gasteiger partial charge in [-0.25, -0.2) is 0 Å². The zero-order valence-corrected chi connectivity index (χ0v) is 33.4. The van der Waals surface area contributed by atoms with E-state index >= 15 is 0 Å². The quantitative estimate of drug-likeness (QED) is 0.178. The molecular formula is C44H50Cl2Zr. The molecule has 1 saturated heterocycles. The van der Waals surface area contributed by atoms with Crippen molar-refractivity contribution in [2.45, 2.75) is 95.6 Å². The first-order valence-corrected chi connectivity index (χ1v) is 23.8. The molecule has 1 fully saturated rings. The van der Waals surface area contributed by atoms with E-state index in [1.54, 1.807) is 22.3 Å². The third-order valence-corrected chi connectivity index (χ3v) is 25.4. The van der Waals surface area contributed by atoms with Crippen molar-refractivity contribution in [2.75, 3.05) is 0 Å². The van der Waals surface area contributed by atoms with E-state index < -0.39 is 20.3 Å². The summed E-state index contributed by atoms with van der Waals surface area (Å²) < 4.78 is 4.34. The van der Waals surface area contributed by atoms with E-state index in [1.165, 1.54) is 76.7 Å². The third-order valence-electron chi connectivity index (χ3n) is 12.0. The van der Waals surface area contributed by atoms with Gasteiger partial charge in [0.05, 0.1) is 0 Å². The molecule has 0 radical (unpaired) electrons. The predicted octanol–water partition coefficient (Wildman–Crippen LogP) is 7.29. The molecule has 0 bridgehead atoms. The zero-order chi connectivity index (χ0) is 31.6. The van der Waals surface area contributed by atoms with Crippen LogP contribution in [-0.4, -0.2) is 0 Å². The molecule has 3 aliphatic rings. The first-order valence-electron chi connectivity index (χ1n) is 17.5. The maximum atomic E-state index is 2.60. The Hall–Kier alpha value is -2.18. The second kappa shape index (κ2) is 14.0. The van der Waals surface area contributed by atoms with Gasteiger partial charge < -0.3 is 24.8 Å². The molecule has 7 rings (SSSR count). The summed E-state index contributed by atoms with van der Waals surface area (Å²) in [5.41, 5.74) is 21.2. The van der Waals surface area contributed by atoms with E-state index in [0.717, 1.165) is 0 Å². The molecule has 4 unspecified atom stereocenters. The van der Waals surface area contributed by atoms with Gasteiger partial charge in [0.15, 0.2) is 0 Å². The van der Waals surface area contributed by atoms with Crippen LogP contribution in [0.2, 0.25) is 8.26 Å². The Morgan fingerprint density at radius 2 is 0.915 bits per heavy atom. The van der Waals surface area contributed by atoms with E-state index in [9.17, 15) is 0 Å². The number of hydrogen-bond acceptors (Lipinski definition) is 0. The SMILES string of the molecule is CCC(C)c1ccc(-c2ccc(C)c3c2C=C(C)[CH]3[Zr+2]2([CH]3C(C)=Cc4c(-c5ccc(C(C)CC)cc5)ccc(C)c43)[CH2][CH2]2)cc1.[Cl-].[Cl-]. The van der Waals surface area contributed by atoms with E-state index in [-0.39, 0.29) is 24.8 Å². The van der Waals surface area contributed by atoms with Gasteiger partial charge in [-0.15, -0.1) is 0 Å². The summed E-state index contributed by atoms with van der Waals surface area (Å²) in [7, 11) is 0. The molecule has 0 saturated carbocycles. The normalized spacial score (nSPS) is 19.1. The van der Waals surface area contributed by atoms with Crippen molar-refractivity contribution in [1.29, 1.82) is 0 Å².